The zero-order valence-corrected chi connectivity index (χ0v) is 16.2. The first-order chi connectivity index (χ1) is 8.68. The van der Waals surface area contributed by atoms with E-state index in [2.05, 4.69) is 44.3 Å². The molecular formula is C16H29N2PdSi-. The van der Waals surface area contributed by atoms with Crippen molar-refractivity contribution >= 4 is 13.8 Å². The maximum absolute atomic E-state index is 8.01. The fourth-order valence-corrected chi connectivity index (χ4v) is 4.57. The van der Waals surface area contributed by atoms with Gasteiger partial charge in [0.15, 0.2) is 0 Å². The standard InChI is InChI=1S/C11H23NSi.C5H6N.Pd/c1-7-11(13(4,5)6)10(12)8-9(2)3;1-5-2-3-6-4-5;/h11-12H,2,7-8H2,1,3-6H3;2-3,6H,1H3;/q;-1;. The van der Waals surface area contributed by atoms with Gasteiger partial charge in [0.25, 0.3) is 0 Å². The Morgan fingerprint density at radius 2 is 2.00 bits per heavy atom. The van der Waals surface area contributed by atoms with Gasteiger partial charge >= 0.3 is 0 Å². The summed E-state index contributed by atoms with van der Waals surface area (Å²) in [5.74, 6) is 0. The van der Waals surface area contributed by atoms with Crippen LogP contribution in [-0.4, -0.2) is 18.8 Å². The number of aryl methyl sites for hydroxylation is 1. The van der Waals surface area contributed by atoms with Crippen LogP contribution in [0.1, 0.15) is 32.3 Å². The van der Waals surface area contributed by atoms with Crippen LogP contribution in [0.5, 0.6) is 0 Å². The van der Waals surface area contributed by atoms with Gasteiger partial charge in [0, 0.05) is 32.6 Å². The third kappa shape index (κ3) is 9.47. The molecular weight excluding hydrogens is 355 g/mol. The van der Waals surface area contributed by atoms with Crippen LogP contribution in [0.2, 0.25) is 25.2 Å². The first kappa shape index (κ1) is 21.9. The Hall–Kier alpha value is -0.431. The molecule has 0 saturated carbocycles. The van der Waals surface area contributed by atoms with Crippen molar-refractivity contribution in [3.05, 3.63) is 36.2 Å². The summed E-state index contributed by atoms with van der Waals surface area (Å²) in [6.45, 7) is 17.1. The van der Waals surface area contributed by atoms with Crippen molar-refractivity contribution in [2.75, 3.05) is 0 Å². The van der Waals surface area contributed by atoms with Gasteiger partial charge < -0.3 is 10.4 Å². The van der Waals surface area contributed by atoms with Crippen LogP contribution >= 0.6 is 0 Å². The predicted octanol–water partition coefficient (Wildman–Crippen LogP) is 5.21. The number of H-pyrrole nitrogens is 1. The molecule has 1 aromatic rings. The molecule has 1 unspecified atom stereocenters. The molecule has 20 heavy (non-hydrogen) atoms. The molecule has 2 nitrogen and oxygen atoms in total. The number of aromatic nitrogens is 1. The van der Waals surface area contributed by atoms with Crippen LogP contribution in [-0.2, 0) is 20.4 Å². The molecule has 0 aliphatic rings. The molecule has 1 atom stereocenters. The summed E-state index contributed by atoms with van der Waals surface area (Å²) < 4.78 is 0. The van der Waals surface area contributed by atoms with Crippen molar-refractivity contribution in [2.24, 2.45) is 0 Å². The molecule has 2 N–H and O–H groups in total. The van der Waals surface area contributed by atoms with E-state index in [4.69, 9.17) is 5.41 Å². The van der Waals surface area contributed by atoms with Crippen molar-refractivity contribution < 1.29 is 20.4 Å². The summed E-state index contributed by atoms with van der Waals surface area (Å²) in [5.41, 5.74) is 3.70. The molecule has 1 aromatic heterocycles. The van der Waals surface area contributed by atoms with Crippen molar-refractivity contribution in [1.29, 1.82) is 5.41 Å². The molecule has 0 bridgehead atoms. The summed E-state index contributed by atoms with van der Waals surface area (Å²) in [6, 6.07) is 1.97. The van der Waals surface area contributed by atoms with Crippen molar-refractivity contribution in [2.45, 2.75) is 58.8 Å². The fourth-order valence-electron chi connectivity index (χ4n) is 2.19. The van der Waals surface area contributed by atoms with Crippen molar-refractivity contribution in [3.63, 3.8) is 0 Å². The van der Waals surface area contributed by atoms with E-state index in [1.54, 1.807) is 0 Å². The van der Waals surface area contributed by atoms with Crippen LogP contribution < -0.4 is 0 Å². The molecule has 0 fully saturated rings. The summed E-state index contributed by atoms with van der Waals surface area (Å²) in [7, 11) is -1.18. The third-order valence-electron chi connectivity index (χ3n) is 3.05. The Balaban J connectivity index is 0. The van der Waals surface area contributed by atoms with Gasteiger partial charge in [-0.15, -0.1) is 6.20 Å². The molecule has 1 rings (SSSR count). The van der Waals surface area contributed by atoms with Gasteiger partial charge in [0.05, 0.1) is 8.07 Å². The predicted molar refractivity (Wildman–Crippen MR) is 88.9 cm³/mol. The molecule has 4 heteroatoms. The molecule has 0 aromatic carbocycles. The Kier molecular flexibility index (Phi) is 11.3. The second-order valence-corrected chi connectivity index (χ2v) is 11.7. The Morgan fingerprint density at radius 1 is 1.45 bits per heavy atom. The zero-order valence-electron chi connectivity index (χ0n) is 13.7. The number of aromatic amines is 1. The summed E-state index contributed by atoms with van der Waals surface area (Å²) in [4.78, 5) is 2.80. The Morgan fingerprint density at radius 3 is 2.20 bits per heavy atom. The molecule has 1 heterocycles. The second kappa shape index (κ2) is 10.3. The molecule has 0 aliphatic carbocycles. The molecule has 0 saturated heterocycles. The van der Waals surface area contributed by atoms with Gasteiger partial charge in [-0.3, -0.25) is 0 Å². The Bertz CT molecular complexity index is 391. The van der Waals surface area contributed by atoms with E-state index >= 15 is 0 Å². The van der Waals surface area contributed by atoms with Gasteiger partial charge in [-0.25, -0.2) is 0 Å². The monoisotopic (exact) mass is 383 g/mol. The number of hydrogen-bond acceptors (Lipinski definition) is 1. The number of allylic oxidation sites excluding steroid dienone is 1. The van der Waals surface area contributed by atoms with Crippen molar-refractivity contribution in [1.82, 2.24) is 4.98 Å². The topological polar surface area (TPSA) is 39.6 Å². The van der Waals surface area contributed by atoms with E-state index < -0.39 is 8.07 Å². The summed E-state index contributed by atoms with van der Waals surface area (Å²) >= 11 is 0. The normalized spacial score (nSPS) is 11.7. The minimum Gasteiger partial charge on any atom is -0.484 e. The number of rotatable bonds is 5. The summed E-state index contributed by atoms with van der Waals surface area (Å²) in [6.07, 6.45) is 6.64. The van der Waals surface area contributed by atoms with Crippen LogP contribution in [0.25, 0.3) is 0 Å². The van der Waals surface area contributed by atoms with E-state index in [9.17, 15) is 0 Å². The van der Waals surface area contributed by atoms with Gasteiger partial charge in [-0.1, -0.05) is 52.1 Å². The minimum absolute atomic E-state index is 0. The first-order valence-electron chi connectivity index (χ1n) is 6.91. The fraction of sp³-hybridized carbons (Fsp3) is 0.562. The van der Waals surface area contributed by atoms with E-state index in [-0.39, 0.29) is 20.4 Å². The van der Waals surface area contributed by atoms with E-state index in [1.807, 2.05) is 26.1 Å². The van der Waals surface area contributed by atoms with Crippen LogP contribution in [0.3, 0.4) is 0 Å². The third-order valence-corrected chi connectivity index (χ3v) is 5.90. The average molecular weight is 384 g/mol. The maximum atomic E-state index is 8.01. The first-order valence-corrected chi connectivity index (χ1v) is 10.5. The minimum atomic E-state index is -1.18. The Labute approximate surface area is 139 Å². The van der Waals surface area contributed by atoms with Crippen LogP contribution in [0.4, 0.5) is 0 Å². The van der Waals surface area contributed by atoms with Crippen LogP contribution in [0, 0.1) is 18.5 Å². The molecule has 0 spiro atoms. The van der Waals surface area contributed by atoms with Gasteiger partial charge in [0.1, 0.15) is 0 Å². The molecule has 0 amide bonds. The van der Waals surface area contributed by atoms with E-state index in [0.717, 1.165) is 29.7 Å². The molecule has 118 valence electrons. The smallest absolute Gasteiger partial charge is 0.0536 e. The SMILES string of the molecule is C=C(C)CC(=N)C(CC)[Si](C)(C)C.Cc1[c-][nH]cc1.[Pd]. The number of hydrogen-bond donors (Lipinski definition) is 2. The largest absolute Gasteiger partial charge is 0.484 e. The summed E-state index contributed by atoms with van der Waals surface area (Å²) in [5, 5.41) is 8.01. The van der Waals surface area contributed by atoms with Gasteiger partial charge in [0.2, 0.25) is 0 Å². The number of nitrogens with one attached hydrogen (secondary N) is 2. The van der Waals surface area contributed by atoms with Gasteiger partial charge in [-0.05, 0) is 12.5 Å². The average Bonchev–Trinajstić information content (AvgIpc) is 2.67. The van der Waals surface area contributed by atoms with Gasteiger partial charge in [-0.2, -0.15) is 17.8 Å². The second-order valence-electron chi connectivity index (χ2n) is 6.27. The van der Waals surface area contributed by atoms with E-state index in [0.29, 0.717) is 5.54 Å². The van der Waals surface area contributed by atoms with E-state index in [1.165, 1.54) is 0 Å². The van der Waals surface area contributed by atoms with Crippen molar-refractivity contribution in [3.8, 4) is 0 Å². The molecule has 0 aliphatic heterocycles. The zero-order chi connectivity index (χ0) is 15.1. The quantitative estimate of drug-likeness (QED) is 0.303. The molecule has 0 radical (unpaired) electrons. The van der Waals surface area contributed by atoms with Crippen LogP contribution in [0.15, 0.2) is 24.4 Å². The maximum Gasteiger partial charge on any atom is 0.0536 e.